The molecule has 1 aromatic carbocycles. The number of nitrogens with zero attached hydrogens (tertiary/aromatic N) is 3. The van der Waals surface area contributed by atoms with Crippen molar-refractivity contribution < 1.29 is 9.53 Å². The van der Waals surface area contributed by atoms with Crippen molar-refractivity contribution >= 4 is 45.5 Å². The van der Waals surface area contributed by atoms with E-state index in [0.717, 1.165) is 27.7 Å². The lowest BCUT2D eigenvalue weighted by molar-refractivity contribution is -0.155. The number of hydrogen-bond acceptors (Lipinski definition) is 7. The van der Waals surface area contributed by atoms with Crippen molar-refractivity contribution in [3.05, 3.63) is 50.9 Å². The highest BCUT2D eigenvalue weighted by atomic mass is 35.5. The number of benzene rings is 1. The number of hydrogen-bond donors (Lipinski definition) is 1. The van der Waals surface area contributed by atoms with Crippen molar-refractivity contribution in [1.82, 2.24) is 5.43 Å². The van der Waals surface area contributed by atoms with Gasteiger partial charge in [0.15, 0.2) is 0 Å². The summed E-state index contributed by atoms with van der Waals surface area (Å²) in [7, 11) is 0. The monoisotopic (exact) mass is 488 g/mol. The fraction of sp³-hybridized carbons (Fsp3) is 0.480. The Morgan fingerprint density at radius 3 is 2.42 bits per heavy atom. The van der Waals surface area contributed by atoms with E-state index in [1.807, 2.05) is 65.8 Å². The summed E-state index contributed by atoms with van der Waals surface area (Å²) in [5.41, 5.74) is 6.76. The van der Waals surface area contributed by atoms with Gasteiger partial charge in [0.1, 0.15) is 28.6 Å². The molecule has 2 atom stereocenters. The normalized spacial score (nSPS) is 19.2. The van der Waals surface area contributed by atoms with Gasteiger partial charge in [-0.3, -0.25) is 20.1 Å². The molecule has 178 valence electrons. The highest BCUT2D eigenvalue weighted by molar-refractivity contribution is 7.17. The first-order chi connectivity index (χ1) is 15.5. The second kappa shape index (κ2) is 9.85. The summed E-state index contributed by atoms with van der Waals surface area (Å²) >= 11 is 7.87. The fourth-order valence-electron chi connectivity index (χ4n) is 3.90. The van der Waals surface area contributed by atoms with Gasteiger partial charge in [-0.05, 0) is 59.2 Å². The van der Waals surface area contributed by atoms with Gasteiger partial charge in [0, 0.05) is 21.0 Å². The van der Waals surface area contributed by atoms with Crippen molar-refractivity contribution in [2.45, 2.75) is 79.6 Å². The predicted octanol–water partition coefficient (Wildman–Crippen LogP) is 6.07. The summed E-state index contributed by atoms with van der Waals surface area (Å²) < 4.78 is 5.61. The van der Waals surface area contributed by atoms with E-state index in [4.69, 9.17) is 21.3 Å². The van der Waals surface area contributed by atoms with Gasteiger partial charge in [0.25, 0.3) is 0 Å². The minimum atomic E-state index is -0.550. The SMILES string of the molecule is CC.CC1=NNC2C(CC(=O)OC(C)(C)C)N=C(c3ccc(Cl)cc3)c3c(sc(C)c3C)N12. The van der Waals surface area contributed by atoms with Crippen molar-refractivity contribution in [1.29, 1.82) is 0 Å². The Labute approximate surface area is 205 Å². The standard InChI is InChI=1S/C23H27ClN4O2S.C2H6/c1-12-13(2)31-22-19(12)20(15-7-9-16(24)10-8-15)25-17(11-18(29)30-23(4,5)6)21-27-26-14(3)28(21)22;1-2/h7-10,17,21,27H,11H2,1-6H3;1-2H3. The number of aryl methyl sites for hydroxylation is 1. The molecular formula is C25H33ClN4O2S. The highest BCUT2D eigenvalue weighted by Gasteiger charge is 2.41. The van der Waals surface area contributed by atoms with Gasteiger partial charge in [-0.25, -0.2) is 0 Å². The van der Waals surface area contributed by atoms with Crippen LogP contribution in [0.2, 0.25) is 5.02 Å². The summed E-state index contributed by atoms with van der Waals surface area (Å²) in [6.07, 6.45) is -0.105. The van der Waals surface area contributed by atoms with E-state index >= 15 is 0 Å². The first-order valence-corrected chi connectivity index (χ1v) is 12.5. The van der Waals surface area contributed by atoms with Crippen LogP contribution in [0.25, 0.3) is 0 Å². The molecule has 2 aliphatic rings. The van der Waals surface area contributed by atoms with Crippen LogP contribution in [0.1, 0.15) is 69.5 Å². The number of halogens is 1. The van der Waals surface area contributed by atoms with Crippen LogP contribution in [-0.2, 0) is 9.53 Å². The van der Waals surface area contributed by atoms with Crippen LogP contribution in [0.5, 0.6) is 0 Å². The smallest absolute Gasteiger partial charge is 0.308 e. The van der Waals surface area contributed by atoms with Crippen LogP contribution >= 0.6 is 22.9 Å². The first kappa shape index (κ1) is 25.2. The number of hydrazone groups is 1. The average molecular weight is 489 g/mol. The van der Waals surface area contributed by atoms with Crippen LogP contribution in [0.3, 0.4) is 0 Å². The zero-order chi connectivity index (χ0) is 24.5. The first-order valence-electron chi connectivity index (χ1n) is 11.3. The number of carbonyl (C=O) groups is 1. The number of esters is 1. The molecule has 2 unspecified atom stereocenters. The van der Waals surface area contributed by atoms with E-state index in [1.54, 1.807) is 11.3 Å². The number of amidine groups is 1. The molecule has 1 aromatic heterocycles. The van der Waals surface area contributed by atoms with Gasteiger partial charge < -0.3 is 4.74 Å². The highest BCUT2D eigenvalue weighted by Crippen LogP contribution is 2.42. The minimum Gasteiger partial charge on any atom is -0.460 e. The van der Waals surface area contributed by atoms with Gasteiger partial charge >= 0.3 is 5.97 Å². The number of thiophene rings is 1. The number of carbonyl (C=O) groups excluding carboxylic acids is 1. The lowest BCUT2D eigenvalue weighted by atomic mass is 9.99. The topological polar surface area (TPSA) is 66.3 Å². The molecule has 0 radical (unpaired) electrons. The third-order valence-electron chi connectivity index (χ3n) is 5.38. The minimum absolute atomic E-state index is 0.151. The summed E-state index contributed by atoms with van der Waals surface area (Å²) in [6.45, 7) is 15.8. The summed E-state index contributed by atoms with van der Waals surface area (Å²) in [5.74, 6) is 0.579. The summed E-state index contributed by atoms with van der Waals surface area (Å²) in [5, 5.41) is 6.22. The quantitative estimate of drug-likeness (QED) is 0.533. The summed E-state index contributed by atoms with van der Waals surface area (Å²) in [6, 6.07) is 7.32. The number of ether oxygens (including phenoxy) is 1. The second-order valence-corrected chi connectivity index (χ2v) is 10.5. The van der Waals surface area contributed by atoms with Gasteiger partial charge in [-0.2, -0.15) is 5.10 Å². The largest absolute Gasteiger partial charge is 0.460 e. The van der Waals surface area contributed by atoms with Gasteiger partial charge in [0.05, 0.1) is 12.1 Å². The fourth-order valence-corrected chi connectivity index (χ4v) is 5.27. The lowest BCUT2D eigenvalue weighted by Gasteiger charge is -2.28. The van der Waals surface area contributed by atoms with E-state index in [2.05, 4.69) is 29.3 Å². The van der Waals surface area contributed by atoms with Crippen LogP contribution < -0.4 is 10.3 Å². The van der Waals surface area contributed by atoms with E-state index in [1.165, 1.54) is 10.4 Å². The maximum atomic E-state index is 12.7. The molecular weight excluding hydrogens is 456 g/mol. The molecule has 0 spiro atoms. The maximum Gasteiger partial charge on any atom is 0.308 e. The van der Waals surface area contributed by atoms with Crippen molar-refractivity contribution in [3.8, 4) is 0 Å². The van der Waals surface area contributed by atoms with Crippen LogP contribution in [0, 0.1) is 13.8 Å². The molecule has 0 fully saturated rings. The third-order valence-corrected chi connectivity index (χ3v) is 6.84. The summed E-state index contributed by atoms with van der Waals surface area (Å²) in [4.78, 5) is 21.3. The molecule has 8 heteroatoms. The maximum absolute atomic E-state index is 12.7. The van der Waals surface area contributed by atoms with Gasteiger partial charge in [-0.1, -0.05) is 37.6 Å². The molecule has 0 amide bonds. The number of aliphatic imine (C=N–C) groups is 1. The zero-order valence-electron chi connectivity index (χ0n) is 20.6. The average Bonchev–Trinajstić information content (AvgIpc) is 3.21. The molecule has 6 nitrogen and oxygen atoms in total. The van der Waals surface area contributed by atoms with E-state index in [-0.39, 0.29) is 24.6 Å². The van der Waals surface area contributed by atoms with E-state index in [0.29, 0.717) is 5.02 Å². The molecule has 0 bridgehead atoms. The molecule has 4 rings (SSSR count). The van der Waals surface area contributed by atoms with E-state index in [9.17, 15) is 4.79 Å². The number of nitrogens with one attached hydrogen (secondary N) is 1. The number of fused-ring (bicyclic) bond motifs is 3. The third kappa shape index (κ3) is 5.25. The Balaban J connectivity index is 0.00000149. The molecule has 0 saturated carbocycles. The van der Waals surface area contributed by atoms with Crippen molar-refractivity contribution in [2.24, 2.45) is 10.1 Å². The van der Waals surface area contributed by atoms with E-state index < -0.39 is 5.60 Å². The Morgan fingerprint density at radius 2 is 1.82 bits per heavy atom. The van der Waals surface area contributed by atoms with Crippen LogP contribution in [0.4, 0.5) is 5.00 Å². The number of rotatable bonds is 3. The Bertz CT molecular complexity index is 1080. The second-order valence-electron chi connectivity index (χ2n) is 8.91. The zero-order valence-corrected chi connectivity index (χ0v) is 22.2. The Morgan fingerprint density at radius 1 is 1.18 bits per heavy atom. The van der Waals surface area contributed by atoms with Crippen LogP contribution in [-0.4, -0.2) is 35.3 Å². The van der Waals surface area contributed by atoms with Crippen molar-refractivity contribution in [3.63, 3.8) is 0 Å². The Kier molecular flexibility index (Phi) is 7.54. The van der Waals surface area contributed by atoms with Crippen molar-refractivity contribution in [2.75, 3.05) is 4.90 Å². The molecule has 3 heterocycles. The molecule has 33 heavy (non-hydrogen) atoms. The molecule has 0 saturated heterocycles. The number of anilines is 1. The molecule has 2 aromatic rings. The predicted molar refractivity (Wildman–Crippen MR) is 139 cm³/mol. The molecule has 0 aliphatic carbocycles. The van der Waals surface area contributed by atoms with Crippen LogP contribution in [0.15, 0.2) is 34.4 Å². The lowest BCUT2D eigenvalue weighted by Crippen LogP contribution is -2.47. The molecule has 1 N–H and O–H groups in total. The van der Waals surface area contributed by atoms with Gasteiger partial charge in [0.2, 0.25) is 0 Å². The Hall–Kier alpha value is -2.38. The molecule has 2 aliphatic heterocycles. The van der Waals surface area contributed by atoms with Gasteiger partial charge in [-0.15, -0.1) is 11.3 Å².